The minimum Gasteiger partial charge on any atom is -0.480 e. The highest BCUT2D eigenvalue weighted by Gasteiger charge is 2.22. The van der Waals surface area contributed by atoms with Gasteiger partial charge in [0.05, 0.1) is 11.2 Å². The molecule has 0 atom stereocenters. The second-order valence-corrected chi connectivity index (χ2v) is 9.94. The van der Waals surface area contributed by atoms with Crippen LogP contribution in [0.5, 0.6) is 0 Å². The molecular formula is C19H20ClN3O4S2. The van der Waals surface area contributed by atoms with Crippen LogP contribution < -0.4 is 4.72 Å². The maximum Gasteiger partial charge on any atom is 0.323 e. The number of nitrogens with one attached hydrogen (secondary N) is 1. The largest absolute Gasteiger partial charge is 0.480 e. The highest BCUT2D eigenvalue weighted by Crippen LogP contribution is 2.42. The van der Waals surface area contributed by atoms with Crippen molar-refractivity contribution in [2.75, 3.05) is 18.8 Å². The zero-order valence-corrected chi connectivity index (χ0v) is 18.4. The normalized spacial score (nSPS) is 11.9. The van der Waals surface area contributed by atoms with Crippen molar-refractivity contribution in [1.82, 2.24) is 8.87 Å². The lowest BCUT2D eigenvalue weighted by Crippen LogP contribution is -2.29. The molecule has 0 amide bonds. The van der Waals surface area contributed by atoms with E-state index in [1.54, 1.807) is 34.9 Å². The summed E-state index contributed by atoms with van der Waals surface area (Å²) in [4.78, 5) is 13.1. The molecule has 1 heterocycles. The van der Waals surface area contributed by atoms with Gasteiger partial charge in [0.2, 0.25) is 0 Å². The molecule has 7 nitrogen and oxygen atoms in total. The van der Waals surface area contributed by atoms with E-state index in [-0.39, 0.29) is 6.54 Å². The Morgan fingerprint density at radius 3 is 2.45 bits per heavy atom. The highest BCUT2D eigenvalue weighted by atomic mass is 35.5. The third-order valence-corrected chi connectivity index (χ3v) is 7.24. The van der Waals surface area contributed by atoms with Gasteiger partial charge in [-0.05, 0) is 43.3 Å². The molecule has 3 aromatic rings. The molecule has 2 N–H and O–H groups in total. The number of benzene rings is 2. The van der Waals surface area contributed by atoms with E-state index in [2.05, 4.69) is 4.72 Å². The Balaban J connectivity index is 2.22. The van der Waals surface area contributed by atoms with Crippen LogP contribution in [-0.2, 0) is 21.5 Å². The van der Waals surface area contributed by atoms with E-state index in [0.29, 0.717) is 21.6 Å². The van der Waals surface area contributed by atoms with Gasteiger partial charge in [0.25, 0.3) is 0 Å². The third kappa shape index (κ3) is 4.53. The molecule has 0 fully saturated rings. The number of hydrogen-bond acceptors (Lipinski definition) is 4. The molecule has 10 heteroatoms. The van der Waals surface area contributed by atoms with Crippen molar-refractivity contribution in [2.45, 2.75) is 23.3 Å². The zero-order chi connectivity index (χ0) is 21.3. The highest BCUT2D eigenvalue weighted by molar-refractivity contribution is 7.99. The molecule has 2 aromatic carbocycles. The summed E-state index contributed by atoms with van der Waals surface area (Å²) >= 11 is 7.40. The zero-order valence-electron chi connectivity index (χ0n) is 16.0. The number of anilines is 1. The van der Waals surface area contributed by atoms with Crippen molar-refractivity contribution in [2.24, 2.45) is 0 Å². The van der Waals surface area contributed by atoms with Crippen molar-refractivity contribution in [3.63, 3.8) is 0 Å². The predicted molar refractivity (Wildman–Crippen MR) is 116 cm³/mol. The van der Waals surface area contributed by atoms with Gasteiger partial charge in [-0.25, -0.2) is 0 Å². The van der Waals surface area contributed by atoms with E-state index in [9.17, 15) is 18.3 Å². The minimum absolute atomic E-state index is 0.229. The second-order valence-electron chi connectivity index (χ2n) is 6.54. The molecule has 0 aliphatic heterocycles. The van der Waals surface area contributed by atoms with E-state index >= 15 is 0 Å². The Hall–Kier alpha value is -2.20. The van der Waals surface area contributed by atoms with Gasteiger partial charge in [-0.3, -0.25) is 9.52 Å². The molecule has 0 aliphatic rings. The van der Waals surface area contributed by atoms with Crippen molar-refractivity contribution >= 4 is 56.1 Å². The van der Waals surface area contributed by atoms with E-state index in [0.717, 1.165) is 19.8 Å². The number of carbonyl (C=O) groups is 1. The fraction of sp³-hybridized carbons (Fsp3) is 0.211. The first kappa shape index (κ1) is 21.5. The van der Waals surface area contributed by atoms with Crippen LogP contribution in [0, 0.1) is 6.92 Å². The molecule has 0 radical (unpaired) electrons. The summed E-state index contributed by atoms with van der Waals surface area (Å²) in [6, 6.07) is 12.4. The summed E-state index contributed by atoms with van der Waals surface area (Å²) in [7, 11) is -0.859. The molecule has 3 rings (SSSR count). The lowest BCUT2D eigenvalue weighted by atomic mass is 10.2. The number of nitrogens with zero attached hydrogens (tertiary/aromatic N) is 2. The maximum absolute atomic E-state index is 12.4. The molecule has 0 bridgehead atoms. The molecule has 1 aromatic heterocycles. The van der Waals surface area contributed by atoms with Crippen LogP contribution in [0.2, 0.25) is 5.02 Å². The van der Waals surface area contributed by atoms with E-state index in [1.807, 2.05) is 19.1 Å². The fourth-order valence-corrected chi connectivity index (χ4v) is 4.73. The number of halogens is 1. The van der Waals surface area contributed by atoms with Crippen LogP contribution in [0.1, 0.15) is 5.69 Å². The second kappa shape index (κ2) is 8.27. The average molecular weight is 454 g/mol. The fourth-order valence-electron chi connectivity index (χ4n) is 2.89. The molecule has 154 valence electrons. The lowest BCUT2D eigenvalue weighted by molar-refractivity contribution is -0.137. The van der Waals surface area contributed by atoms with Gasteiger partial charge in [-0.2, -0.15) is 12.7 Å². The quantitative estimate of drug-likeness (QED) is 0.563. The molecule has 0 unspecified atom stereocenters. The number of aromatic nitrogens is 1. The molecule has 0 spiro atoms. The average Bonchev–Trinajstić information content (AvgIpc) is 2.89. The minimum atomic E-state index is -3.73. The van der Waals surface area contributed by atoms with Gasteiger partial charge in [-0.15, -0.1) is 0 Å². The van der Waals surface area contributed by atoms with Crippen LogP contribution >= 0.6 is 23.4 Å². The Morgan fingerprint density at radius 1 is 1.21 bits per heavy atom. The van der Waals surface area contributed by atoms with Crippen molar-refractivity contribution < 1.29 is 18.3 Å². The summed E-state index contributed by atoms with van der Waals surface area (Å²) in [6.07, 6.45) is 0. The summed E-state index contributed by atoms with van der Waals surface area (Å²) < 4.78 is 30.2. The first-order valence-corrected chi connectivity index (χ1v) is 11.2. The third-order valence-electron chi connectivity index (χ3n) is 4.34. The van der Waals surface area contributed by atoms with Gasteiger partial charge < -0.3 is 9.67 Å². The Morgan fingerprint density at radius 2 is 1.86 bits per heavy atom. The van der Waals surface area contributed by atoms with Gasteiger partial charge in [0.15, 0.2) is 0 Å². The summed E-state index contributed by atoms with van der Waals surface area (Å²) in [6.45, 7) is 1.60. The Labute approximate surface area is 178 Å². The summed E-state index contributed by atoms with van der Waals surface area (Å²) in [5, 5.41) is 10.6. The molecule has 0 aliphatic carbocycles. The molecule has 29 heavy (non-hydrogen) atoms. The number of rotatable bonds is 7. The first-order valence-electron chi connectivity index (χ1n) is 8.57. The smallest absolute Gasteiger partial charge is 0.323 e. The summed E-state index contributed by atoms with van der Waals surface area (Å²) in [5.41, 5.74) is 1.76. The van der Waals surface area contributed by atoms with Gasteiger partial charge in [0, 0.05) is 40.0 Å². The number of aliphatic carboxylic acids is 1. The Kier molecular flexibility index (Phi) is 6.13. The number of hydrogen-bond donors (Lipinski definition) is 2. The monoisotopic (exact) mass is 453 g/mol. The van der Waals surface area contributed by atoms with Crippen LogP contribution in [0.4, 0.5) is 5.69 Å². The molecule has 0 saturated heterocycles. The maximum atomic E-state index is 12.4. The van der Waals surface area contributed by atoms with Gasteiger partial charge in [0.1, 0.15) is 6.54 Å². The standard InChI is InChI=1S/C19H20ClN3O4S2/c1-12-19(28-14-9-7-13(20)8-10-14)18-15(21-29(26,27)22(2)3)5-4-6-16(18)23(12)11-17(24)25/h4-10,21H,11H2,1-3H3,(H,24,25). The van der Waals surface area contributed by atoms with Crippen LogP contribution in [-0.4, -0.2) is 42.5 Å². The van der Waals surface area contributed by atoms with Gasteiger partial charge >= 0.3 is 16.2 Å². The topological polar surface area (TPSA) is 91.6 Å². The van der Waals surface area contributed by atoms with Crippen LogP contribution in [0.3, 0.4) is 0 Å². The van der Waals surface area contributed by atoms with Crippen LogP contribution in [0.15, 0.2) is 52.3 Å². The van der Waals surface area contributed by atoms with Gasteiger partial charge in [-0.1, -0.05) is 29.4 Å². The molecule has 0 saturated carbocycles. The molecular weight excluding hydrogens is 434 g/mol. The SMILES string of the molecule is Cc1c(Sc2ccc(Cl)cc2)c2c(NS(=O)(=O)N(C)C)cccc2n1CC(=O)O. The van der Waals surface area contributed by atoms with E-state index in [4.69, 9.17) is 11.6 Å². The van der Waals surface area contributed by atoms with E-state index in [1.165, 1.54) is 25.9 Å². The Bertz CT molecular complexity index is 1170. The lowest BCUT2D eigenvalue weighted by Gasteiger charge is -2.15. The first-order chi connectivity index (χ1) is 13.6. The predicted octanol–water partition coefficient (Wildman–Crippen LogP) is 4.06. The van der Waals surface area contributed by atoms with E-state index < -0.39 is 16.2 Å². The number of fused-ring (bicyclic) bond motifs is 1. The van der Waals surface area contributed by atoms with Crippen LogP contribution in [0.25, 0.3) is 10.9 Å². The van der Waals surface area contributed by atoms with Crippen molar-refractivity contribution in [3.05, 3.63) is 53.2 Å². The number of carboxylic acid groups (broad SMARTS) is 1. The van der Waals surface area contributed by atoms with Crippen molar-refractivity contribution in [1.29, 1.82) is 0 Å². The number of carboxylic acids is 1. The van der Waals surface area contributed by atoms with Crippen molar-refractivity contribution in [3.8, 4) is 0 Å². The summed E-state index contributed by atoms with van der Waals surface area (Å²) in [5.74, 6) is -0.979.